The normalized spacial score (nSPS) is 17.4. The summed E-state index contributed by atoms with van der Waals surface area (Å²) in [5.41, 5.74) is 6.99. The second kappa shape index (κ2) is 4.24. The molecule has 2 heterocycles. The van der Waals surface area contributed by atoms with Crippen molar-refractivity contribution in [1.29, 1.82) is 0 Å². The van der Waals surface area contributed by atoms with E-state index in [4.69, 9.17) is 10.5 Å². The van der Waals surface area contributed by atoms with Crippen molar-refractivity contribution in [2.24, 2.45) is 5.73 Å². The number of ether oxygens (including phenoxy) is 1. The topological polar surface area (TPSA) is 48.1 Å². The third kappa shape index (κ3) is 2.12. The van der Waals surface area contributed by atoms with Crippen LogP contribution in [-0.4, -0.2) is 17.6 Å². The van der Waals surface area contributed by atoms with E-state index in [0.29, 0.717) is 0 Å². The van der Waals surface area contributed by atoms with Crippen molar-refractivity contribution >= 4 is 0 Å². The summed E-state index contributed by atoms with van der Waals surface area (Å²) in [6, 6.07) is 5.81. The smallest absolute Gasteiger partial charge is 0.109 e. The van der Waals surface area contributed by atoms with E-state index in [1.54, 1.807) is 6.20 Å². The third-order valence-electron chi connectivity index (χ3n) is 2.25. The van der Waals surface area contributed by atoms with Crippen LogP contribution in [0.1, 0.15) is 12.1 Å². The van der Waals surface area contributed by atoms with Crippen LogP contribution >= 0.6 is 0 Å². The van der Waals surface area contributed by atoms with E-state index in [9.17, 15) is 0 Å². The van der Waals surface area contributed by atoms with Crippen molar-refractivity contribution in [3.8, 4) is 0 Å². The lowest BCUT2D eigenvalue weighted by Crippen LogP contribution is -2.26. The van der Waals surface area contributed by atoms with E-state index in [2.05, 4.69) is 11.1 Å². The van der Waals surface area contributed by atoms with Crippen LogP contribution in [0.15, 0.2) is 36.2 Å². The van der Waals surface area contributed by atoms with Gasteiger partial charge in [-0.2, -0.15) is 0 Å². The van der Waals surface area contributed by atoms with Crippen LogP contribution in [0.3, 0.4) is 0 Å². The highest BCUT2D eigenvalue weighted by Crippen LogP contribution is 2.14. The first-order valence-corrected chi connectivity index (χ1v) is 4.84. The summed E-state index contributed by atoms with van der Waals surface area (Å²) in [6.45, 7) is 0.769. The molecule has 74 valence electrons. The van der Waals surface area contributed by atoms with Crippen LogP contribution in [0.5, 0.6) is 0 Å². The minimum absolute atomic E-state index is 0.0487. The van der Waals surface area contributed by atoms with E-state index in [1.165, 1.54) is 0 Å². The van der Waals surface area contributed by atoms with Gasteiger partial charge < -0.3 is 10.5 Å². The van der Waals surface area contributed by atoms with Crippen molar-refractivity contribution < 1.29 is 4.74 Å². The summed E-state index contributed by atoms with van der Waals surface area (Å²) in [4.78, 5) is 4.23. The van der Waals surface area contributed by atoms with Gasteiger partial charge in [0.05, 0.1) is 12.6 Å². The Hall–Kier alpha value is -1.35. The van der Waals surface area contributed by atoms with Gasteiger partial charge in [0.15, 0.2) is 0 Å². The molecule has 3 nitrogen and oxygen atoms in total. The Bertz CT molecular complexity index is 321. The molecule has 1 unspecified atom stereocenters. The zero-order valence-corrected chi connectivity index (χ0v) is 8.02. The fourth-order valence-electron chi connectivity index (χ4n) is 1.54. The number of pyridine rings is 1. The largest absolute Gasteiger partial charge is 0.496 e. The number of rotatable bonds is 3. The van der Waals surface area contributed by atoms with Gasteiger partial charge in [-0.1, -0.05) is 6.07 Å². The van der Waals surface area contributed by atoms with Crippen molar-refractivity contribution in [1.82, 2.24) is 4.98 Å². The van der Waals surface area contributed by atoms with Gasteiger partial charge in [-0.25, -0.2) is 0 Å². The lowest BCUT2D eigenvalue weighted by Gasteiger charge is -2.12. The first-order valence-electron chi connectivity index (χ1n) is 4.84. The second-order valence-electron chi connectivity index (χ2n) is 3.38. The van der Waals surface area contributed by atoms with Crippen LogP contribution in [0, 0.1) is 0 Å². The number of hydrogen-bond acceptors (Lipinski definition) is 3. The van der Waals surface area contributed by atoms with Crippen molar-refractivity contribution in [2.45, 2.75) is 18.9 Å². The zero-order valence-electron chi connectivity index (χ0n) is 8.02. The number of nitrogens with two attached hydrogens (primary N) is 1. The third-order valence-corrected chi connectivity index (χ3v) is 2.25. The van der Waals surface area contributed by atoms with Crippen molar-refractivity contribution in [3.05, 3.63) is 41.9 Å². The Labute approximate surface area is 83.6 Å². The Morgan fingerprint density at radius 1 is 1.50 bits per heavy atom. The van der Waals surface area contributed by atoms with Gasteiger partial charge in [-0.05, 0) is 18.2 Å². The summed E-state index contributed by atoms with van der Waals surface area (Å²) in [6.07, 6.45) is 5.57. The van der Waals surface area contributed by atoms with E-state index in [0.717, 1.165) is 30.9 Å². The molecule has 0 radical (unpaired) electrons. The van der Waals surface area contributed by atoms with Crippen LogP contribution in [0.25, 0.3) is 0 Å². The highest BCUT2D eigenvalue weighted by atomic mass is 16.5. The summed E-state index contributed by atoms with van der Waals surface area (Å²) in [5.74, 6) is 0.913. The van der Waals surface area contributed by atoms with Gasteiger partial charge in [-0.3, -0.25) is 4.98 Å². The first-order chi connectivity index (χ1) is 6.86. The van der Waals surface area contributed by atoms with Crippen LogP contribution in [-0.2, 0) is 11.2 Å². The summed E-state index contributed by atoms with van der Waals surface area (Å²) in [7, 11) is 0. The van der Waals surface area contributed by atoms with Gasteiger partial charge >= 0.3 is 0 Å². The zero-order chi connectivity index (χ0) is 9.80. The Morgan fingerprint density at radius 2 is 2.43 bits per heavy atom. The number of aromatic nitrogens is 1. The number of hydrogen-bond donors (Lipinski definition) is 1. The SMILES string of the molecule is NC(Cc1ccccn1)C1=CCCO1. The molecule has 0 aromatic carbocycles. The van der Waals surface area contributed by atoms with Gasteiger partial charge in [0.2, 0.25) is 0 Å². The highest BCUT2D eigenvalue weighted by molar-refractivity contribution is 5.12. The highest BCUT2D eigenvalue weighted by Gasteiger charge is 2.15. The molecule has 1 aromatic heterocycles. The monoisotopic (exact) mass is 190 g/mol. The molecule has 0 amide bonds. The lowest BCUT2D eigenvalue weighted by molar-refractivity contribution is 0.224. The van der Waals surface area contributed by atoms with E-state index in [1.807, 2.05) is 18.2 Å². The molecule has 0 saturated carbocycles. The summed E-state index contributed by atoms with van der Waals surface area (Å²) in [5, 5.41) is 0. The fraction of sp³-hybridized carbons (Fsp3) is 0.364. The molecule has 0 bridgehead atoms. The van der Waals surface area contributed by atoms with Crippen molar-refractivity contribution in [3.63, 3.8) is 0 Å². The predicted octanol–water partition coefficient (Wildman–Crippen LogP) is 1.26. The Morgan fingerprint density at radius 3 is 3.07 bits per heavy atom. The minimum atomic E-state index is -0.0487. The van der Waals surface area contributed by atoms with E-state index < -0.39 is 0 Å². The average molecular weight is 190 g/mol. The first kappa shape index (κ1) is 9.21. The Kier molecular flexibility index (Phi) is 2.79. The molecule has 0 saturated heterocycles. The molecule has 1 atom stereocenters. The molecule has 0 aliphatic carbocycles. The maximum atomic E-state index is 5.98. The van der Waals surface area contributed by atoms with Crippen molar-refractivity contribution in [2.75, 3.05) is 6.61 Å². The fourth-order valence-corrected chi connectivity index (χ4v) is 1.54. The molecule has 3 heteroatoms. The van der Waals surface area contributed by atoms with Crippen LogP contribution < -0.4 is 5.73 Å². The molecular weight excluding hydrogens is 176 g/mol. The van der Waals surface area contributed by atoms with Gasteiger partial charge in [0.25, 0.3) is 0 Å². The molecule has 0 fully saturated rings. The molecule has 2 N–H and O–H groups in total. The molecular formula is C11H14N2O. The molecule has 1 aliphatic rings. The molecule has 14 heavy (non-hydrogen) atoms. The standard InChI is InChI=1S/C11H14N2O/c12-10(11-5-3-7-14-11)8-9-4-1-2-6-13-9/h1-2,4-6,10H,3,7-8,12H2. The lowest BCUT2D eigenvalue weighted by atomic mass is 10.1. The molecule has 1 aromatic rings. The van der Waals surface area contributed by atoms with Gasteiger partial charge in [0.1, 0.15) is 5.76 Å². The van der Waals surface area contributed by atoms with Crippen LogP contribution in [0.2, 0.25) is 0 Å². The van der Waals surface area contributed by atoms with Gasteiger partial charge in [-0.15, -0.1) is 0 Å². The quantitative estimate of drug-likeness (QED) is 0.780. The molecule has 1 aliphatic heterocycles. The molecule has 0 spiro atoms. The average Bonchev–Trinajstić information content (AvgIpc) is 2.72. The maximum absolute atomic E-state index is 5.98. The second-order valence-corrected chi connectivity index (χ2v) is 3.38. The van der Waals surface area contributed by atoms with Gasteiger partial charge in [0, 0.05) is 24.7 Å². The molecule has 2 rings (SSSR count). The summed E-state index contributed by atoms with van der Waals surface area (Å²) < 4.78 is 5.40. The van der Waals surface area contributed by atoms with E-state index >= 15 is 0 Å². The Balaban J connectivity index is 1.97. The minimum Gasteiger partial charge on any atom is -0.496 e. The van der Waals surface area contributed by atoms with Crippen LogP contribution in [0.4, 0.5) is 0 Å². The van der Waals surface area contributed by atoms with E-state index in [-0.39, 0.29) is 6.04 Å². The maximum Gasteiger partial charge on any atom is 0.109 e. The number of nitrogens with zero attached hydrogens (tertiary/aromatic N) is 1. The predicted molar refractivity (Wildman–Crippen MR) is 54.6 cm³/mol. The summed E-state index contributed by atoms with van der Waals surface area (Å²) >= 11 is 0.